The Kier molecular flexibility index (Phi) is 1.82. The van der Waals surface area contributed by atoms with E-state index in [-0.39, 0.29) is 41.5 Å². The molecule has 2 heterocycles. The Morgan fingerprint density at radius 2 is 2.17 bits per heavy atom. The average molecular weight is 249 g/mol. The van der Waals surface area contributed by atoms with Crippen molar-refractivity contribution in [2.75, 3.05) is 6.54 Å². The molecule has 98 valence electrons. The summed E-state index contributed by atoms with van der Waals surface area (Å²) in [4.78, 5) is 26.7. The first-order chi connectivity index (χ1) is 8.54. The van der Waals surface area contributed by atoms with Gasteiger partial charge < -0.3 is 9.64 Å². The molecule has 2 saturated carbocycles. The summed E-state index contributed by atoms with van der Waals surface area (Å²) >= 11 is 0. The number of carbonyl (C=O) groups is 2. The normalized spacial score (nSPS) is 52.2. The van der Waals surface area contributed by atoms with Crippen LogP contribution in [0.5, 0.6) is 0 Å². The van der Waals surface area contributed by atoms with Gasteiger partial charge in [0.05, 0.1) is 5.92 Å². The molecule has 6 atom stereocenters. The zero-order chi connectivity index (χ0) is 12.8. The van der Waals surface area contributed by atoms with Gasteiger partial charge in [0.25, 0.3) is 0 Å². The second-order valence-electron chi connectivity index (χ2n) is 6.49. The van der Waals surface area contributed by atoms with Gasteiger partial charge in [-0.1, -0.05) is 13.8 Å². The summed E-state index contributed by atoms with van der Waals surface area (Å²) in [5.41, 5.74) is -0.493. The molecular weight excluding hydrogens is 230 g/mol. The Labute approximate surface area is 107 Å². The van der Waals surface area contributed by atoms with Gasteiger partial charge in [-0.05, 0) is 13.3 Å². The van der Waals surface area contributed by atoms with Crippen LogP contribution < -0.4 is 0 Å². The lowest BCUT2D eigenvalue weighted by Gasteiger charge is -2.41. The summed E-state index contributed by atoms with van der Waals surface area (Å²) in [6.45, 7) is 6.92. The number of hydrogen-bond acceptors (Lipinski definition) is 3. The molecule has 4 fully saturated rings. The van der Waals surface area contributed by atoms with Crippen LogP contribution in [0.2, 0.25) is 0 Å². The number of nitrogens with zero attached hydrogens (tertiary/aromatic N) is 1. The minimum absolute atomic E-state index is 0.0466. The molecule has 4 rings (SSSR count). The maximum Gasteiger partial charge on any atom is 0.229 e. The molecule has 6 unspecified atom stereocenters. The molecule has 2 aliphatic carbocycles. The lowest BCUT2D eigenvalue weighted by atomic mass is 9.75. The fourth-order valence-corrected chi connectivity index (χ4v) is 5.28. The predicted octanol–water partition coefficient (Wildman–Crippen LogP) is 1.05. The molecule has 4 aliphatic rings. The summed E-state index contributed by atoms with van der Waals surface area (Å²) in [5, 5.41) is 0. The zero-order valence-electron chi connectivity index (χ0n) is 11.1. The van der Waals surface area contributed by atoms with Crippen LogP contribution in [0.1, 0.15) is 27.2 Å². The molecule has 4 nitrogen and oxygen atoms in total. The number of likely N-dealkylation sites (tertiary alicyclic amines) is 1. The number of ether oxygens (including phenoxy) is 1. The number of carbonyl (C=O) groups excluding carboxylic acids is 2. The van der Waals surface area contributed by atoms with E-state index in [1.54, 1.807) is 0 Å². The third-order valence-corrected chi connectivity index (χ3v) is 5.75. The van der Waals surface area contributed by atoms with E-state index in [2.05, 4.69) is 13.8 Å². The molecule has 0 aromatic carbocycles. The first kappa shape index (κ1) is 11.0. The molecule has 4 heteroatoms. The van der Waals surface area contributed by atoms with Gasteiger partial charge in [0.15, 0.2) is 11.5 Å². The number of Topliss-reactive ketones (excluding diaryl/α,β-unsaturated/α-hetero) is 1. The maximum atomic E-state index is 12.6. The number of fused-ring (bicyclic) bond motifs is 2. The van der Waals surface area contributed by atoms with Crippen LogP contribution in [0.15, 0.2) is 0 Å². The minimum Gasteiger partial charge on any atom is -0.344 e. The van der Waals surface area contributed by atoms with Gasteiger partial charge in [0.1, 0.15) is 6.10 Å². The summed E-state index contributed by atoms with van der Waals surface area (Å²) in [7, 11) is 0. The highest BCUT2D eigenvalue weighted by Crippen LogP contribution is 2.67. The Morgan fingerprint density at radius 3 is 2.78 bits per heavy atom. The van der Waals surface area contributed by atoms with Crippen LogP contribution in [0.25, 0.3) is 0 Å². The molecule has 0 spiro atoms. The molecule has 18 heavy (non-hydrogen) atoms. The van der Waals surface area contributed by atoms with Gasteiger partial charge >= 0.3 is 0 Å². The molecule has 2 aliphatic heterocycles. The molecule has 0 N–H and O–H groups in total. The third kappa shape index (κ3) is 0.831. The van der Waals surface area contributed by atoms with Gasteiger partial charge in [-0.2, -0.15) is 0 Å². The topological polar surface area (TPSA) is 46.6 Å². The van der Waals surface area contributed by atoms with Crippen LogP contribution in [0, 0.1) is 29.6 Å². The first-order valence-electron chi connectivity index (χ1n) is 7.07. The van der Waals surface area contributed by atoms with Gasteiger partial charge in [-0.25, -0.2) is 0 Å². The van der Waals surface area contributed by atoms with E-state index in [9.17, 15) is 9.59 Å². The van der Waals surface area contributed by atoms with Crippen LogP contribution in [0.3, 0.4) is 0 Å². The molecule has 0 radical (unpaired) electrons. The second kappa shape index (κ2) is 2.98. The average Bonchev–Trinajstić information content (AvgIpc) is 2.95. The van der Waals surface area contributed by atoms with Crippen molar-refractivity contribution in [2.24, 2.45) is 29.6 Å². The highest BCUT2D eigenvalue weighted by Gasteiger charge is 2.78. The van der Waals surface area contributed by atoms with Crippen molar-refractivity contribution in [3.05, 3.63) is 0 Å². The van der Waals surface area contributed by atoms with Crippen molar-refractivity contribution in [1.82, 2.24) is 4.90 Å². The Morgan fingerprint density at radius 1 is 1.44 bits per heavy atom. The molecule has 1 amide bonds. The monoisotopic (exact) mass is 249 g/mol. The molecule has 0 aromatic heterocycles. The Balaban J connectivity index is 1.92. The number of amides is 1. The van der Waals surface area contributed by atoms with Gasteiger partial charge in [0.2, 0.25) is 5.91 Å². The molecular formula is C14H19NO3. The lowest BCUT2D eigenvalue weighted by molar-refractivity contribution is -0.182. The zero-order valence-corrected chi connectivity index (χ0v) is 11.1. The fourth-order valence-electron chi connectivity index (χ4n) is 5.28. The van der Waals surface area contributed by atoms with Gasteiger partial charge in [-0.3, -0.25) is 9.59 Å². The standard InChI is InChI=1S/C14H19NO3/c1-4-15-13(17)9-7-5-8-10(9)14(15,6(2)3)18-12(8)11(7)16/h6-10,12H,4-5H2,1-3H3. The van der Waals surface area contributed by atoms with Crippen molar-refractivity contribution >= 4 is 11.7 Å². The Bertz CT molecular complexity index is 460. The van der Waals surface area contributed by atoms with Gasteiger partial charge in [0, 0.05) is 30.2 Å². The second-order valence-corrected chi connectivity index (χ2v) is 6.49. The molecule has 2 saturated heterocycles. The highest BCUT2D eigenvalue weighted by atomic mass is 16.5. The summed E-state index contributed by atoms with van der Waals surface area (Å²) in [6.07, 6.45) is 0.664. The number of hydrogen-bond donors (Lipinski definition) is 0. The van der Waals surface area contributed by atoms with E-state index in [1.165, 1.54) is 0 Å². The lowest BCUT2D eigenvalue weighted by Crippen LogP contribution is -2.53. The van der Waals surface area contributed by atoms with E-state index in [4.69, 9.17) is 4.74 Å². The smallest absolute Gasteiger partial charge is 0.229 e. The fraction of sp³-hybridized carbons (Fsp3) is 0.857. The Hall–Kier alpha value is -0.900. The summed E-state index contributed by atoms with van der Waals surface area (Å²) in [6, 6.07) is 0. The van der Waals surface area contributed by atoms with Gasteiger partial charge in [-0.15, -0.1) is 0 Å². The van der Waals surface area contributed by atoms with E-state index < -0.39 is 5.72 Å². The van der Waals surface area contributed by atoms with E-state index >= 15 is 0 Å². The predicted molar refractivity (Wildman–Crippen MR) is 63.4 cm³/mol. The van der Waals surface area contributed by atoms with Crippen molar-refractivity contribution in [3.63, 3.8) is 0 Å². The first-order valence-corrected chi connectivity index (χ1v) is 7.07. The molecule has 2 bridgehead atoms. The van der Waals surface area contributed by atoms with E-state index in [1.807, 2.05) is 11.8 Å². The maximum absolute atomic E-state index is 12.6. The highest BCUT2D eigenvalue weighted by molar-refractivity contribution is 5.98. The van der Waals surface area contributed by atoms with E-state index in [0.29, 0.717) is 12.5 Å². The largest absolute Gasteiger partial charge is 0.344 e. The quantitative estimate of drug-likeness (QED) is 0.735. The van der Waals surface area contributed by atoms with Crippen molar-refractivity contribution in [2.45, 2.75) is 39.0 Å². The van der Waals surface area contributed by atoms with Crippen LogP contribution in [-0.4, -0.2) is 35.0 Å². The summed E-state index contributed by atoms with van der Waals surface area (Å²) in [5.74, 6) is 1.04. The summed E-state index contributed by atoms with van der Waals surface area (Å²) < 4.78 is 6.22. The third-order valence-electron chi connectivity index (χ3n) is 5.75. The van der Waals surface area contributed by atoms with Crippen LogP contribution >= 0.6 is 0 Å². The van der Waals surface area contributed by atoms with Crippen molar-refractivity contribution in [1.29, 1.82) is 0 Å². The van der Waals surface area contributed by atoms with E-state index in [0.717, 1.165) is 6.42 Å². The van der Waals surface area contributed by atoms with Crippen molar-refractivity contribution < 1.29 is 14.3 Å². The minimum atomic E-state index is -0.493. The number of ketones is 1. The van der Waals surface area contributed by atoms with Crippen molar-refractivity contribution in [3.8, 4) is 0 Å². The van der Waals surface area contributed by atoms with Crippen LogP contribution in [0.4, 0.5) is 0 Å². The SMILES string of the molecule is CCN1C(=O)C2C3CC4C(OC1(C(C)C)C42)C3=O. The number of rotatable bonds is 2. The molecule has 0 aromatic rings. The van der Waals surface area contributed by atoms with Crippen LogP contribution in [-0.2, 0) is 14.3 Å².